The fraction of sp³-hybridized carbons (Fsp3) is 0.500. The van der Waals surface area contributed by atoms with Gasteiger partial charge in [0.1, 0.15) is 12.1 Å². The second-order valence-corrected chi connectivity index (χ2v) is 6.91. The van der Waals surface area contributed by atoms with Gasteiger partial charge in [0.05, 0.1) is 0 Å². The molecule has 0 aliphatic heterocycles. The summed E-state index contributed by atoms with van der Waals surface area (Å²) in [7, 11) is 0. The van der Waals surface area contributed by atoms with Crippen LogP contribution in [0.1, 0.15) is 57.1 Å². The molecule has 0 bridgehead atoms. The smallest absolute Gasteiger partial charge is 0.133 e. The van der Waals surface area contributed by atoms with Crippen molar-refractivity contribution in [3.05, 3.63) is 42.4 Å². The first kappa shape index (κ1) is 16.7. The number of nitrogen functional groups attached to an aromatic ring is 1. The molecule has 3 N–H and O–H groups in total. The van der Waals surface area contributed by atoms with Gasteiger partial charge in [-0.15, -0.1) is 0 Å². The van der Waals surface area contributed by atoms with Crippen LogP contribution in [0.2, 0.25) is 0 Å². The predicted molar refractivity (Wildman–Crippen MR) is 100 cm³/mol. The Balaban J connectivity index is 1.63. The van der Waals surface area contributed by atoms with E-state index >= 15 is 0 Å². The van der Waals surface area contributed by atoms with Crippen LogP contribution in [0.25, 0.3) is 0 Å². The normalized spacial score (nSPS) is 16.8. The highest BCUT2D eigenvalue weighted by molar-refractivity contribution is 5.61. The van der Waals surface area contributed by atoms with E-state index in [0.717, 1.165) is 35.2 Å². The van der Waals surface area contributed by atoms with E-state index in [1.165, 1.54) is 51.4 Å². The zero-order chi connectivity index (χ0) is 16.6. The van der Waals surface area contributed by atoms with Gasteiger partial charge in [0.2, 0.25) is 0 Å². The van der Waals surface area contributed by atoms with E-state index in [2.05, 4.69) is 21.4 Å². The number of aromatic nitrogens is 2. The molecule has 0 amide bonds. The van der Waals surface area contributed by atoms with Gasteiger partial charge in [0.25, 0.3) is 0 Å². The van der Waals surface area contributed by atoms with Crippen LogP contribution in [0.3, 0.4) is 0 Å². The Hall–Kier alpha value is -2.10. The van der Waals surface area contributed by atoms with Crippen molar-refractivity contribution < 1.29 is 0 Å². The maximum absolute atomic E-state index is 5.83. The number of rotatable bonds is 4. The molecule has 128 valence electrons. The number of anilines is 3. The summed E-state index contributed by atoms with van der Waals surface area (Å²) in [6.45, 7) is 0. The van der Waals surface area contributed by atoms with Gasteiger partial charge in [0.15, 0.2) is 0 Å². The monoisotopic (exact) mass is 324 g/mol. The number of hydrogen-bond donors (Lipinski definition) is 2. The summed E-state index contributed by atoms with van der Waals surface area (Å²) in [6, 6.07) is 9.82. The Labute approximate surface area is 144 Å². The van der Waals surface area contributed by atoms with Gasteiger partial charge in [-0.25, -0.2) is 9.97 Å². The van der Waals surface area contributed by atoms with Gasteiger partial charge >= 0.3 is 0 Å². The maximum atomic E-state index is 5.83. The van der Waals surface area contributed by atoms with Crippen molar-refractivity contribution in [3.63, 3.8) is 0 Å². The zero-order valence-electron chi connectivity index (χ0n) is 14.4. The summed E-state index contributed by atoms with van der Waals surface area (Å²) >= 11 is 0. The van der Waals surface area contributed by atoms with Crippen LogP contribution in [0.15, 0.2) is 36.7 Å². The molecule has 4 nitrogen and oxygen atoms in total. The van der Waals surface area contributed by atoms with Crippen molar-refractivity contribution in [2.24, 2.45) is 5.92 Å². The van der Waals surface area contributed by atoms with Crippen LogP contribution in [0.5, 0.6) is 0 Å². The molecule has 1 aromatic carbocycles. The third kappa shape index (κ3) is 5.22. The highest BCUT2D eigenvalue weighted by Gasteiger charge is 2.13. The van der Waals surface area contributed by atoms with Gasteiger partial charge in [0, 0.05) is 23.1 Å². The van der Waals surface area contributed by atoms with Crippen LogP contribution in [0.4, 0.5) is 17.2 Å². The Morgan fingerprint density at radius 2 is 1.71 bits per heavy atom. The molecule has 1 aliphatic rings. The van der Waals surface area contributed by atoms with Gasteiger partial charge in [-0.1, -0.05) is 57.4 Å². The molecule has 1 heterocycles. The molecule has 0 radical (unpaired) electrons. The Morgan fingerprint density at radius 1 is 0.958 bits per heavy atom. The van der Waals surface area contributed by atoms with E-state index in [-0.39, 0.29) is 0 Å². The quantitative estimate of drug-likeness (QED) is 0.768. The minimum atomic E-state index is 0.750. The fourth-order valence-electron chi connectivity index (χ4n) is 3.56. The highest BCUT2D eigenvalue weighted by atomic mass is 15.0. The summed E-state index contributed by atoms with van der Waals surface area (Å²) in [4.78, 5) is 8.84. The Kier molecular flexibility index (Phi) is 6.05. The molecule has 1 aromatic heterocycles. The standard InChI is InChI=1S/C20H28N4/c21-17-10-7-11-18(13-17)24-20-14-19(22-15-23-20)12-16-8-5-3-1-2-4-6-9-16/h7,10-11,13-16H,1-6,8-9,12,21H2,(H,22,23,24). The molecule has 0 atom stereocenters. The first-order valence-corrected chi connectivity index (χ1v) is 9.23. The number of nitrogens with two attached hydrogens (primary N) is 1. The summed E-state index contributed by atoms with van der Waals surface area (Å²) in [5.74, 6) is 1.60. The first-order chi connectivity index (χ1) is 11.8. The predicted octanol–water partition coefficient (Wildman–Crippen LogP) is 5.10. The second-order valence-electron chi connectivity index (χ2n) is 6.91. The van der Waals surface area contributed by atoms with Crippen LogP contribution in [0, 0.1) is 5.92 Å². The molecule has 0 saturated heterocycles. The molecule has 3 rings (SSSR count). The van der Waals surface area contributed by atoms with Crippen molar-refractivity contribution in [3.8, 4) is 0 Å². The number of nitrogens with zero attached hydrogens (tertiary/aromatic N) is 2. The summed E-state index contributed by atoms with van der Waals surface area (Å²) < 4.78 is 0. The van der Waals surface area contributed by atoms with Crippen molar-refractivity contribution in [2.45, 2.75) is 57.8 Å². The number of benzene rings is 1. The van der Waals surface area contributed by atoms with E-state index in [0.29, 0.717) is 0 Å². The molecule has 0 spiro atoms. The summed E-state index contributed by atoms with van der Waals surface area (Å²) in [5, 5.41) is 3.32. The molecule has 4 heteroatoms. The fourth-order valence-corrected chi connectivity index (χ4v) is 3.56. The van der Waals surface area contributed by atoms with E-state index < -0.39 is 0 Å². The van der Waals surface area contributed by atoms with Gasteiger partial charge in [-0.2, -0.15) is 0 Å². The first-order valence-electron chi connectivity index (χ1n) is 9.23. The van der Waals surface area contributed by atoms with Crippen molar-refractivity contribution >= 4 is 17.2 Å². The van der Waals surface area contributed by atoms with Crippen molar-refractivity contribution in [1.29, 1.82) is 0 Å². The van der Waals surface area contributed by atoms with Crippen LogP contribution >= 0.6 is 0 Å². The lowest BCUT2D eigenvalue weighted by Crippen LogP contribution is -2.07. The SMILES string of the molecule is Nc1cccc(Nc2cc(CC3CCCCCCCC3)ncn2)c1. The molecule has 1 fully saturated rings. The molecular weight excluding hydrogens is 296 g/mol. The molecule has 24 heavy (non-hydrogen) atoms. The molecule has 0 unspecified atom stereocenters. The third-order valence-corrected chi connectivity index (χ3v) is 4.86. The van der Waals surface area contributed by atoms with Gasteiger partial charge < -0.3 is 11.1 Å². The summed E-state index contributed by atoms with van der Waals surface area (Å²) in [6.07, 6.45) is 13.7. The minimum absolute atomic E-state index is 0.750. The Morgan fingerprint density at radius 3 is 2.46 bits per heavy atom. The maximum Gasteiger partial charge on any atom is 0.133 e. The number of nitrogens with one attached hydrogen (secondary N) is 1. The van der Waals surface area contributed by atoms with Gasteiger partial charge in [-0.3, -0.25) is 0 Å². The minimum Gasteiger partial charge on any atom is -0.399 e. The molecule has 1 saturated carbocycles. The van der Waals surface area contributed by atoms with Crippen LogP contribution in [-0.2, 0) is 6.42 Å². The summed E-state index contributed by atoms with van der Waals surface area (Å²) in [5.41, 5.74) is 8.68. The lowest BCUT2D eigenvalue weighted by Gasteiger charge is -2.15. The number of hydrogen-bond acceptors (Lipinski definition) is 4. The van der Waals surface area contributed by atoms with E-state index in [1.807, 2.05) is 24.3 Å². The largest absolute Gasteiger partial charge is 0.399 e. The second kappa shape index (κ2) is 8.67. The van der Waals surface area contributed by atoms with Crippen molar-refractivity contribution in [2.75, 3.05) is 11.1 Å². The average molecular weight is 324 g/mol. The highest BCUT2D eigenvalue weighted by Crippen LogP contribution is 2.25. The van der Waals surface area contributed by atoms with Crippen LogP contribution in [-0.4, -0.2) is 9.97 Å². The third-order valence-electron chi connectivity index (χ3n) is 4.86. The van der Waals surface area contributed by atoms with E-state index in [9.17, 15) is 0 Å². The van der Waals surface area contributed by atoms with Crippen LogP contribution < -0.4 is 11.1 Å². The van der Waals surface area contributed by atoms with E-state index in [4.69, 9.17) is 5.73 Å². The van der Waals surface area contributed by atoms with E-state index in [1.54, 1.807) is 6.33 Å². The Bertz CT molecular complexity index is 631. The van der Waals surface area contributed by atoms with Gasteiger partial charge in [-0.05, 0) is 30.5 Å². The lowest BCUT2D eigenvalue weighted by atomic mass is 9.92. The molecule has 2 aromatic rings. The molecular formula is C20H28N4. The topological polar surface area (TPSA) is 63.8 Å². The van der Waals surface area contributed by atoms with Crippen molar-refractivity contribution in [1.82, 2.24) is 9.97 Å². The zero-order valence-corrected chi connectivity index (χ0v) is 14.4. The lowest BCUT2D eigenvalue weighted by molar-refractivity contribution is 0.421. The molecule has 1 aliphatic carbocycles. The average Bonchev–Trinajstić information content (AvgIpc) is 2.69.